The van der Waals surface area contributed by atoms with E-state index in [9.17, 15) is 0 Å². The second-order valence-electron chi connectivity index (χ2n) is 3.93. The minimum Gasteiger partial charge on any atom is -0.388 e. The molecule has 3 nitrogen and oxygen atoms in total. The molecule has 0 amide bonds. The van der Waals surface area contributed by atoms with Crippen molar-refractivity contribution in [2.45, 2.75) is 44.6 Å². The van der Waals surface area contributed by atoms with E-state index in [1.807, 2.05) is 12.4 Å². The van der Waals surface area contributed by atoms with Gasteiger partial charge in [-0.15, -0.1) is 0 Å². The van der Waals surface area contributed by atoms with Crippen molar-refractivity contribution in [2.24, 2.45) is 0 Å². The van der Waals surface area contributed by atoms with Gasteiger partial charge in [-0.2, -0.15) is 0 Å². The summed E-state index contributed by atoms with van der Waals surface area (Å²) in [4.78, 5) is 8.22. The van der Waals surface area contributed by atoms with E-state index >= 15 is 0 Å². The van der Waals surface area contributed by atoms with Crippen molar-refractivity contribution >= 4 is 0 Å². The van der Waals surface area contributed by atoms with Crippen LogP contribution >= 0.6 is 0 Å². The summed E-state index contributed by atoms with van der Waals surface area (Å²) in [6, 6.07) is 0. The molecule has 0 saturated heterocycles. The van der Waals surface area contributed by atoms with Crippen molar-refractivity contribution in [3.63, 3.8) is 0 Å². The molecule has 0 radical (unpaired) electrons. The highest BCUT2D eigenvalue weighted by Gasteiger charge is 2.15. The molecule has 1 fully saturated rings. The Labute approximate surface area is 84.2 Å². The standard InChI is InChI=1S/C11H16N2O/c14-8-11-12-6-10(7-13-11)9-4-2-1-3-5-9/h6-7,9,14H,1-5,8H2. The third kappa shape index (κ3) is 2.10. The van der Waals surface area contributed by atoms with E-state index in [1.165, 1.54) is 37.7 Å². The van der Waals surface area contributed by atoms with Gasteiger partial charge in [-0.25, -0.2) is 9.97 Å². The van der Waals surface area contributed by atoms with Crippen LogP contribution in [0.2, 0.25) is 0 Å². The molecule has 1 N–H and O–H groups in total. The van der Waals surface area contributed by atoms with Crippen LogP contribution in [0, 0.1) is 0 Å². The molecule has 1 aromatic rings. The van der Waals surface area contributed by atoms with Gasteiger partial charge in [-0.05, 0) is 24.3 Å². The third-order valence-corrected chi connectivity index (χ3v) is 2.94. The first-order valence-corrected chi connectivity index (χ1v) is 5.32. The third-order valence-electron chi connectivity index (χ3n) is 2.94. The first-order chi connectivity index (χ1) is 6.90. The second kappa shape index (κ2) is 4.51. The molecule has 1 aliphatic rings. The Morgan fingerprint density at radius 2 is 1.79 bits per heavy atom. The molecule has 0 aliphatic heterocycles. The fourth-order valence-electron chi connectivity index (χ4n) is 2.09. The molecule has 1 aromatic heterocycles. The molecule has 76 valence electrons. The maximum absolute atomic E-state index is 8.81. The number of rotatable bonds is 2. The van der Waals surface area contributed by atoms with Crippen LogP contribution in [0.25, 0.3) is 0 Å². The molecule has 2 rings (SSSR count). The molecular formula is C11H16N2O. The zero-order chi connectivity index (χ0) is 9.80. The number of hydrogen-bond acceptors (Lipinski definition) is 3. The van der Waals surface area contributed by atoms with E-state index in [2.05, 4.69) is 9.97 Å². The van der Waals surface area contributed by atoms with E-state index < -0.39 is 0 Å². The molecule has 0 bridgehead atoms. The fraction of sp³-hybridized carbons (Fsp3) is 0.636. The summed E-state index contributed by atoms with van der Waals surface area (Å²) in [7, 11) is 0. The van der Waals surface area contributed by atoms with Crippen molar-refractivity contribution in [3.8, 4) is 0 Å². The SMILES string of the molecule is OCc1ncc(C2CCCCC2)cn1. The van der Waals surface area contributed by atoms with Crippen LogP contribution in [0.1, 0.15) is 49.4 Å². The maximum atomic E-state index is 8.81. The van der Waals surface area contributed by atoms with E-state index in [0.29, 0.717) is 11.7 Å². The number of hydrogen-bond donors (Lipinski definition) is 1. The molecule has 0 atom stereocenters. The van der Waals surface area contributed by atoms with Crippen LogP contribution < -0.4 is 0 Å². The quantitative estimate of drug-likeness (QED) is 0.779. The van der Waals surface area contributed by atoms with Crippen molar-refractivity contribution in [3.05, 3.63) is 23.8 Å². The Morgan fingerprint density at radius 3 is 2.36 bits per heavy atom. The van der Waals surface area contributed by atoms with Gasteiger partial charge in [0, 0.05) is 12.4 Å². The van der Waals surface area contributed by atoms with Crippen molar-refractivity contribution < 1.29 is 5.11 Å². The Hall–Kier alpha value is -0.960. The molecular weight excluding hydrogens is 176 g/mol. The molecule has 0 spiro atoms. The zero-order valence-electron chi connectivity index (χ0n) is 8.32. The van der Waals surface area contributed by atoms with E-state index in [1.54, 1.807) is 0 Å². The first-order valence-electron chi connectivity index (χ1n) is 5.32. The van der Waals surface area contributed by atoms with Gasteiger partial charge in [-0.3, -0.25) is 0 Å². The van der Waals surface area contributed by atoms with Gasteiger partial charge in [0.1, 0.15) is 6.61 Å². The average Bonchev–Trinajstić information content (AvgIpc) is 2.30. The number of aliphatic hydroxyl groups excluding tert-OH is 1. The van der Waals surface area contributed by atoms with E-state index in [4.69, 9.17) is 5.11 Å². The molecule has 3 heteroatoms. The normalized spacial score (nSPS) is 18.4. The highest BCUT2D eigenvalue weighted by atomic mass is 16.3. The van der Waals surface area contributed by atoms with Crippen molar-refractivity contribution in [1.29, 1.82) is 0 Å². The lowest BCUT2D eigenvalue weighted by Gasteiger charge is -2.21. The lowest BCUT2D eigenvalue weighted by atomic mass is 9.85. The second-order valence-corrected chi connectivity index (χ2v) is 3.93. The van der Waals surface area contributed by atoms with Gasteiger partial charge < -0.3 is 5.11 Å². The van der Waals surface area contributed by atoms with Gasteiger partial charge in [0.2, 0.25) is 0 Å². The highest BCUT2D eigenvalue weighted by molar-refractivity contribution is 5.12. The Balaban J connectivity index is 2.07. The molecule has 0 unspecified atom stereocenters. The number of aromatic nitrogens is 2. The highest BCUT2D eigenvalue weighted by Crippen LogP contribution is 2.31. The molecule has 0 aromatic carbocycles. The first kappa shape index (κ1) is 9.59. The van der Waals surface area contributed by atoms with Gasteiger partial charge >= 0.3 is 0 Å². The summed E-state index contributed by atoms with van der Waals surface area (Å²) < 4.78 is 0. The summed E-state index contributed by atoms with van der Waals surface area (Å²) in [6.07, 6.45) is 10.3. The number of nitrogens with zero attached hydrogens (tertiary/aromatic N) is 2. The topological polar surface area (TPSA) is 46.0 Å². The molecule has 1 heterocycles. The lowest BCUT2D eigenvalue weighted by Crippen LogP contribution is -2.06. The Bertz CT molecular complexity index is 278. The summed E-state index contributed by atoms with van der Waals surface area (Å²) in [5, 5.41) is 8.81. The average molecular weight is 192 g/mol. The van der Waals surface area contributed by atoms with Gasteiger partial charge in [0.25, 0.3) is 0 Å². The summed E-state index contributed by atoms with van der Waals surface area (Å²) >= 11 is 0. The van der Waals surface area contributed by atoms with Gasteiger partial charge in [-0.1, -0.05) is 19.3 Å². The van der Waals surface area contributed by atoms with Crippen LogP contribution in [0.3, 0.4) is 0 Å². The van der Waals surface area contributed by atoms with Crippen LogP contribution in [0.5, 0.6) is 0 Å². The van der Waals surface area contributed by atoms with Gasteiger partial charge in [0.05, 0.1) is 0 Å². The predicted octanol–water partition coefficient (Wildman–Crippen LogP) is 2.02. The van der Waals surface area contributed by atoms with Crippen LogP contribution in [-0.2, 0) is 6.61 Å². The lowest BCUT2D eigenvalue weighted by molar-refractivity contribution is 0.271. The van der Waals surface area contributed by atoms with Crippen molar-refractivity contribution in [1.82, 2.24) is 9.97 Å². The largest absolute Gasteiger partial charge is 0.388 e. The number of aliphatic hydroxyl groups is 1. The fourth-order valence-corrected chi connectivity index (χ4v) is 2.09. The van der Waals surface area contributed by atoms with E-state index in [-0.39, 0.29) is 6.61 Å². The minimum atomic E-state index is -0.0645. The minimum absolute atomic E-state index is 0.0645. The zero-order valence-corrected chi connectivity index (χ0v) is 8.32. The van der Waals surface area contributed by atoms with Crippen molar-refractivity contribution in [2.75, 3.05) is 0 Å². The summed E-state index contributed by atoms with van der Waals surface area (Å²) in [6.45, 7) is -0.0645. The van der Waals surface area contributed by atoms with Gasteiger partial charge in [0.15, 0.2) is 5.82 Å². The van der Waals surface area contributed by atoms with Crippen LogP contribution in [-0.4, -0.2) is 15.1 Å². The smallest absolute Gasteiger partial charge is 0.153 e. The molecule has 1 saturated carbocycles. The Kier molecular flexibility index (Phi) is 3.09. The predicted molar refractivity (Wildman–Crippen MR) is 53.8 cm³/mol. The summed E-state index contributed by atoms with van der Waals surface area (Å²) in [5.41, 5.74) is 1.24. The summed E-state index contributed by atoms with van der Waals surface area (Å²) in [5.74, 6) is 1.17. The van der Waals surface area contributed by atoms with Crippen LogP contribution in [0.15, 0.2) is 12.4 Å². The van der Waals surface area contributed by atoms with E-state index in [0.717, 1.165) is 0 Å². The molecule has 14 heavy (non-hydrogen) atoms. The maximum Gasteiger partial charge on any atom is 0.153 e. The molecule has 1 aliphatic carbocycles. The monoisotopic (exact) mass is 192 g/mol. The van der Waals surface area contributed by atoms with Crippen LogP contribution in [0.4, 0.5) is 0 Å². The Morgan fingerprint density at radius 1 is 1.14 bits per heavy atom.